The van der Waals surface area contributed by atoms with Crippen molar-refractivity contribution in [3.8, 4) is 27.8 Å². The number of aryl methyl sites for hydroxylation is 2. The number of nitrogens with one attached hydrogen (secondary N) is 1. The third kappa shape index (κ3) is 3.34. The maximum atomic E-state index is 12.8. The Morgan fingerprint density at radius 3 is 2.79 bits per heavy atom. The van der Waals surface area contributed by atoms with Gasteiger partial charge in [0.1, 0.15) is 5.65 Å². The smallest absolute Gasteiger partial charge is 0.323 e. The zero-order valence-corrected chi connectivity index (χ0v) is 19.6. The number of fused-ring (bicyclic) bond motifs is 1. The molecule has 0 radical (unpaired) electrons. The molecule has 1 spiro atoms. The number of thiazole rings is 1. The fourth-order valence-electron chi connectivity index (χ4n) is 4.65. The summed E-state index contributed by atoms with van der Waals surface area (Å²) in [5.74, 6) is 0. The Morgan fingerprint density at radius 2 is 2.06 bits per heavy atom. The van der Waals surface area contributed by atoms with Crippen LogP contribution in [0.2, 0.25) is 0 Å². The van der Waals surface area contributed by atoms with Crippen molar-refractivity contribution < 1.29 is 9.53 Å². The van der Waals surface area contributed by atoms with E-state index >= 15 is 0 Å². The van der Waals surface area contributed by atoms with Crippen LogP contribution in [0.25, 0.3) is 27.3 Å². The summed E-state index contributed by atoms with van der Waals surface area (Å²) in [7, 11) is 0. The van der Waals surface area contributed by atoms with Gasteiger partial charge in [-0.2, -0.15) is 5.26 Å². The molecule has 170 valence electrons. The number of benzene rings is 1. The number of urea groups is 1. The molecule has 0 unspecified atom stereocenters. The maximum Gasteiger partial charge on any atom is 0.323 e. The molecule has 2 saturated heterocycles. The minimum Gasteiger partial charge on any atom is -0.380 e. The van der Waals surface area contributed by atoms with E-state index in [2.05, 4.69) is 33.0 Å². The van der Waals surface area contributed by atoms with Crippen molar-refractivity contribution in [1.82, 2.24) is 19.3 Å². The highest BCUT2D eigenvalue weighted by Gasteiger charge is 2.50. The highest BCUT2D eigenvalue weighted by molar-refractivity contribution is 7.19. The van der Waals surface area contributed by atoms with Crippen molar-refractivity contribution in [2.75, 3.05) is 31.6 Å². The average molecular weight is 471 g/mol. The third-order valence-electron chi connectivity index (χ3n) is 6.50. The summed E-state index contributed by atoms with van der Waals surface area (Å²) in [5, 5.41) is 12.9. The van der Waals surface area contributed by atoms with E-state index in [1.165, 1.54) is 11.3 Å². The van der Waals surface area contributed by atoms with Gasteiger partial charge in [-0.15, -0.1) is 0 Å². The molecule has 6 rings (SSSR count). The van der Waals surface area contributed by atoms with Gasteiger partial charge in [0.05, 0.1) is 40.8 Å². The first-order chi connectivity index (χ1) is 16.4. The molecule has 1 aromatic carbocycles. The average Bonchev–Trinajstić information content (AvgIpc) is 3.36. The first kappa shape index (κ1) is 20.8. The molecule has 2 amide bonds. The van der Waals surface area contributed by atoms with Crippen molar-refractivity contribution in [2.45, 2.75) is 13.8 Å². The summed E-state index contributed by atoms with van der Waals surface area (Å²) < 4.78 is 7.37. The molecule has 34 heavy (non-hydrogen) atoms. The van der Waals surface area contributed by atoms with Crippen molar-refractivity contribution >= 4 is 28.1 Å². The first-order valence-electron chi connectivity index (χ1n) is 11.0. The molecule has 0 saturated carbocycles. The van der Waals surface area contributed by atoms with Crippen molar-refractivity contribution in [2.24, 2.45) is 5.41 Å². The van der Waals surface area contributed by atoms with E-state index in [0.29, 0.717) is 23.8 Å². The van der Waals surface area contributed by atoms with Crippen molar-refractivity contribution in [3.05, 3.63) is 59.5 Å². The monoisotopic (exact) mass is 470 g/mol. The number of carbonyl (C=O) groups excluding carboxylic acids is 1. The lowest BCUT2D eigenvalue weighted by molar-refractivity contribution is -0.174. The summed E-state index contributed by atoms with van der Waals surface area (Å²) in [5.41, 5.74) is 6.28. The van der Waals surface area contributed by atoms with Gasteiger partial charge >= 0.3 is 6.03 Å². The summed E-state index contributed by atoms with van der Waals surface area (Å²) >= 11 is 1.44. The Morgan fingerprint density at radius 1 is 1.24 bits per heavy atom. The number of rotatable bonds is 3. The van der Waals surface area contributed by atoms with Crippen LogP contribution in [0.15, 0.2) is 42.7 Å². The Balaban J connectivity index is 1.40. The fraction of sp³-hybridized carbons (Fsp3) is 0.280. The Bertz CT molecular complexity index is 1490. The lowest BCUT2D eigenvalue weighted by atomic mass is 9.78. The molecule has 2 fully saturated rings. The summed E-state index contributed by atoms with van der Waals surface area (Å²) in [4.78, 5) is 24.9. The quantitative estimate of drug-likeness (QED) is 0.476. The second kappa shape index (κ2) is 7.65. The Labute approximate surface area is 200 Å². The lowest BCUT2D eigenvalue weighted by Crippen LogP contribution is -2.67. The van der Waals surface area contributed by atoms with Crippen molar-refractivity contribution in [1.29, 1.82) is 5.26 Å². The second-order valence-electron chi connectivity index (χ2n) is 9.17. The molecule has 8 nitrogen and oxygen atoms in total. The Kier molecular flexibility index (Phi) is 4.69. The van der Waals surface area contributed by atoms with E-state index in [1.807, 2.05) is 38.2 Å². The van der Waals surface area contributed by atoms with Gasteiger partial charge in [0, 0.05) is 42.3 Å². The zero-order chi connectivity index (χ0) is 23.4. The molecule has 0 atom stereocenters. The van der Waals surface area contributed by atoms with Crippen LogP contribution < -0.4 is 5.32 Å². The number of nitriles is 1. The highest BCUT2D eigenvalue weighted by atomic mass is 32.1. The Hall–Kier alpha value is -3.74. The van der Waals surface area contributed by atoms with Crippen LogP contribution >= 0.6 is 11.3 Å². The molecule has 1 N–H and O–H groups in total. The van der Waals surface area contributed by atoms with Gasteiger partial charge in [0.15, 0.2) is 5.13 Å². The SMILES string of the molecule is Cc1cc(-c2sc(NC(=O)N3CC4(COC4)C3)nc2-c2cccc(C#N)c2)cn2c(C)cnc12. The van der Waals surface area contributed by atoms with Crippen molar-refractivity contribution in [3.63, 3.8) is 0 Å². The topological polar surface area (TPSA) is 95.5 Å². The van der Waals surface area contributed by atoms with E-state index in [0.717, 1.165) is 51.8 Å². The number of pyridine rings is 1. The molecule has 3 aromatic heterocycles. The molecule has 2 aliphatic heterocycles. The van der Waals surface area contributed by atoms with E-state index in [-0.39, 0.29) is 11.4 Å². The summed E-state index contributed by atoms with van der Waals surface area (Å²) in [6.07, 6.45) is 3.91. The number of hydrogen-bond acceptors (Lipinski definition) is 6. The van der Waals surface area contributed by atoms with Crippen LogP contribution in [0.4, 0.5) is 9.93 Å². The van der Waals surface area contributed by atoms with E-state index in [9.17, 15) is 10.1 Å². The minimum atomic E-state index is -0.146. The number of imidazole rings is 1. The number of nitrogens with zero attached hydrogens (tertiary/aromatic N) is 5. The third-order valence-corrected chi connectivity index (χ3v) is 7.52. The van der Waals surface area contributed by atoms with Gasteiger partial charge in [0.25, 0.3) is 0 Å². The van der Waals surface area contributed by atoms with E-state index < -0.39 is 0 Å². The molecular formula is C25H22N6O2S. The number of ether oxygens (including phenoxy) is 1. The molecular weight excluding hydrogens is 448 g/mol. The number of hydrogen-bond donors (Lipinski definition) is 1. The molecule has 5 heterocycles. The van der Waals surface area contributed by atoms with Crippen LogP contribution in [0.3, 0.4) is 0 Å². The van der Waals surface area contributed by atoms with Gasteiger partial charge < -0.3 is 14.0 Å². The molecule has 0 bridgehead atoms. The molecule has 2 aliphatic rings. The molecule has 0 aliphatic carbocycles. The molecule has 9 heteroatoms. The van der Waals surface area contributed by atoms with Gasteiger partial charge in [0.2, 0.25) is 0 Å². The maximum absolute atomic E-state index is 12.8. The van der Waals surface area contributed by atoms with E-state index in [4.69, 9.17) is 9.72 Å². The highest BCUT2D eigenvalue weighted by Crippen LogP contribution is 2.41. The largest absolute Gasteiger partial charge is 0.380 e. The minimum absolute atomic E-state index is 0.146. The van der Waals surface area contributed by atoms with Gasteiger partial charge in [-0.25, -0.2) is 14.8 Å². The fourth-order valence-corrected chi connectivity index (χ4v) is 5.61. The van der Waals surface area contributed by atoms with Crippen LogP contribution in [-0.4, -0.2) is 51.6 Å². The molecule has 4 aromatic rings. The number of amides is 2. The van der Waals surface area contributed by atoms with Crippen LogP contribution in [0.5, 0.6) is 0 Å². The number of anilines is 1. The second-order valence-corrected chi connectivity index (χ2v) is 10.2. The van der Waals surface area contributed by atoms with Gasteiger partial charge in [-0.3, -0.25) is 5.32 Å². The zero-order valence-electron chi connectivity index (χ0n) is 18.8. The number of carbonyl (C=O) groups is 1. The van der Waals surface area contributed by atoms with Gasteiger partial charge in [-0.05, 0) is 37.6 Å². The van der Waals surface area contributed by atoms with Crippen LogP contribution in [0.1, 0.15) is 16.8 Å². The standard InChI is InChI=1S/C25H22N6O2S/c1-15-6-19(10-31-16(2)9-27-22(15)31)21-20(18-5-3-4-17(7-18)8-26)28-23(34-21)29-24(32)30-11-25(12-30)13-33-14-25/h3-7,9-10H,11-14H2,1-2H3,(H,28,29,32). The normalized spacial score (nSPS) is 16.2. The predicted octanol–water partition coefficient (Wildman–Crippen LogP) is 4.48. The van der Waals surface area contributed by atoms with Gasteiger partial charge in [-0.1, -0.05) is 23.5 Å². The number of likely N-dealkylation sites (tertiary alicyclic amines) is 1. The lowest BCUT2D eigenvalue weighted by Gasteiger charge is -2.54. The number of aromatic nitrogens is 3. The summed E-state index contributed by atoms with van der Waals surface area (Å²) in [6.45, 7) is 6.94. The van der Waals surface area contributed by atoms with Crippen LogP contribution in [0, 0.1) is 30.6 Å². The first-order valence-corrected chi connectivity index (χ1v) is 11.9. The summed E-state index contributed by atoms with van der Waals surface area (Å²) in [6, 6.07) is 11.5. The van der Waals surface area contributed by atoms with Crippen LogP contribution in [-0.2, 0) is 4.74 Å². The predicted molar refractivity (Wildman–Crippen MR) is 130 cm³/mol. The van der Waals surface area contributed by atoms with E-state index in [1.54, 1.807) is 11.0 Å².